The second-order valence-corrected chi connectivity index (χ2v) is 4.04. The van der Waals surface area contributed by atoms with Gasteiger partial charge < -0.3 is 4.42 Å². The Hall–Kier alpha value is -3.29. The first-order valence-electron chi connectivity index (χ1n) is 5.97. The van der Waals surface area contributed by atoms with Crippen molar-refractivity contribution < 1.29 is 9.34 Å². The summed E-state index contributed by atoms with van der Waals surface area (Å²) in [5.41, 5.74) is 0.410. The summed E-state index contributed by atoms with van der Waals surface area (Å²) >= 11 is 0. The third kappa shape index (κ3) is 2.68. The largest absolute Gasteiger partial charge is 0.455 e. The number of hydrogen-bond donors (Lipinski definition) is 1. The van der Waals surface area contributed by atoms with Crippen molar-refractivity contribution in [3.8, 4) is 11.3 Å². The van der Waals surface area contributed by atoms with E-state index in [1.54, 1.807) is 30.3 Å². The molecule has 0 unspecified atom stereocenters. The predicted octanol–water partition coefficient (Wildman–Crippen LogP) is 2.72. The first-order valence-corrected chi connectivity index (χ1v) is 5.97. The van der Waals surface area contributed by atoms with Crippen LogP contribution in [0.5, 0.6) is 0 Å². The molecule has 0 aliphatic rings. The Labute approximate surface area is 118 Å². The van der Waals surface area contributed by atoms with Gasteiger partial charge in [0.05, 0.1) is 16.7 Å². The SMILES string of the molecule is O=[N+]([O-])c1ccccc1-c1ccc(C=Nc2ncn[nH]2)o1. The van der Waals surface area contributed by atoms with Crippen LogP contribution < -0.4 is 0 Å². The number of hydrogen-bond acceptors (Lipinski definition) is 6. The molecule has 0 saturated heterocycles. The lowest BCUT2D eigenvalue weighted by Gasteiger charge is -1.98. The second kappa shape index (κ2) is 5.37. The standard InChI is InChI=1S/C13H9N5O3/c19-18(20)11-4-2-1-3-10(11)12-6-5-9(21-12)7-14-13-15-8-16-17-13/h1-8H,(H,15,16,17). The van der Waals surface area contributed by atoms with Crippen molar-refractivity contribution >= 4 is 17.9 Å². The van der Waals surface area contributed by atoms with Gasteiger partial charge in [0.15, 0.2) is 0 Å². The van der Waals surface area contributed by atoms with Crippen LogP contribution in [0.1, 0.15) is 5.76 Å². The minimum atomic E-state index is -0.444. The maximum Gasteiger partial charge on any atom is 0.280 e. The van der Waals surface area contributed by atoms with Gasteiger partial charge in [0.25, 0.3) is 5.69 Å². The minimum absolute atomic E-state index is 0.00873. The molecule has 3 aromatic rings. The monoisotopic (exact) mass is 283 g/mol. The normalized spacial score (nSPS) is 11.0. The first-order chi connectivity index (χ1) is 10.2. The summed E-state index contributed by atoms with van der Waals surface area (Å²) in [6.07, 6.45) is 2.80. The van der Waals surface area contributed by atoms with Gasteiger partial charge in [-0.15, -0.1) is 0 Å². The molecule has 0 amide bonds. The number of H-pyrrole nitrogens is 1. The van der Waals surface area contributed by atoms with Crippen LogP contribution in [-0.2, 0) is 0 Å². The van der Waals surface area contributed by atoms with E-state index in [-0.39, 0.29) is 5.69 Å². The quantitative estimate of drug-likeness (QED) is 0.449. The zero-order valence-electron chi connectivity index (χ0n) is 10.6. The van der Waals surface area contributed by atoms with Gasteiger partial charge in [-0.1, -0.05) is 12.1 Å². The van der Waals surface area contributed by atoms with E-state index in [0.29, 0.717) is 23.0 Å². The molecular weight excluding hydrogens is 274 g/mol. The average Bonchev–Trinajstić information content (AvgIpc) is 3.16. The fourth-order valence-corrected chi connectivity index (χ4v) is 1.79. The topological polar surface area (TPSA) is 110 Å². The van der Waals surface area contributed by atoms with E-state index in [4.69, 9.17) is 4.42 Å². The lowest BCUT2D eigenvalue weighted by Crippen LogP contribution is -1.90. The lowest BCUT2D eigenvalue weighted by atomic mass is 10.1. The number of nitrogens with zero attached hydrogens (tertiary/aromatic N) is 4. The molecule has 1 aromatic carbocycles. The van der Waals surface area contributed by atoms with Gasteiger partial charge in [0.1, 0.15) is 17.8 Å². The molecule has 0 radical (unpaired) electrons. The third-order valence-corrected chi connectivity index (χ3v) is 2.71. The fraction of sp³-hybridized carbons (Fsp3) is 0. The van der Waals surface area contributed by atoms with Crippen molar-refractivity contribution in [2.75, 3.05) is 0 Å². The van der Waals surface area contributed by atoms with E-state index < -0.39 is 4.92 Å². The predicted molar refractivity (Wildman–Crippen MR) is 74.4 cm³/mol. The molecule has 0 fully saturated rings. The average molecular weight is 283 g/mol. The van der Waals surface area contributed by atoms with Crippen molar-refractivity contribution in [1.29, 1.82) is 0 Å². The fourth-order valence-electron chi connectivity index (χ4n) is 1.79. The van der Waals surface area contributed by atoms with Gasteiger partial charge in [-0.25, -0.2) is 10.1 Å². The van der Waals surface area contributed by atoms with Crippen LogP contribution in [0.4, 0.5) is 11.6 Å². The number of para-hydroxylation sites is 1. The third-order valence-electron chi connectivity index (χ3n) is 2.71. The zero-order chi connectivity index (χ0) is 14.7. The van der Waals surface area contributed by atoms with Crippen LogP contribution in [0, 0.1) is 10.1 Å². The smallest absolute Gasteiger partial charge is 0.280 e. The molecule has 3 rings (SSSR count). The maximum absolute atomic E-state index is 11.0. The highest BCUT2D eigenvalue weighted by Crippen LogP contribution is 2.30. The molecule has 8 heteroatoms. The summed E-state index contributed by atoms with van der Waals surface area (Å²) < 4.78 is 5.54. The van der Waals surface area contributed by atoms with Gasteiger partial charge in [-0.2, -0.15) is 10.1 Å². The molecular formula is C13H9N5O3. The van der Waals surface area contributed by atoms with Gasteiger partial charge in [-0.05, 0) is 18.2 Å². The highest BCUT2D eigenvalue weighted by molar-refractivity contribution is 5.80. The van der Waals surface area contributed by atoms with Gasteiger partial charge >= 0.3 is 0 Å². The van der Waals surface area contributed by atoms with E-state index >= 15 is 0 Å². The molecule has 2 aromatic heterocycles. The summed E-state index contributed by atoms with van der Waals surface area (Å²) in [6, 6.07) is 9.72. The highest BCUT2D eigenvalue weighted by Gasteiger charge is 2.16. The summed E-state index contributed by atoms with van der Waals surface area (Å²) in [4.78, 5) is 18.4. The molecule has 21 heavy (non-hydrogen) atoms. The number of aliphatic imine (C=N–C) groups is 1. The van der Waals surface area contributed by atoms with E-state index in [9.17, 15) is 10.1 Å². The number of nitro benzene ring substituents is 1. The Morgan fingerprint density at radius 2 is 2.14 bits per heavy atom. The summed E-state index contributed by atoms with van der Waals surface area (Å²) in [5, 5.41) is 17.2. The number of furan rings is 1. The Morgan fingerprint density at radius 1 is 1.29 bits per heavy atom. The van der Waals surface area contributed by atoms with Gasteiger partial charge in [0, 0.05) is 6.07 Å². The number of nitrogens with one attached hydrogen (secondary N) is 1. The molecule has 8 nitrogen and oxygen atoms in total. The molecule has 0 aliphatic heterocycles. The van der Waals surface area contributed by atoms with E-state index in [2.05, 4.69) is 20.2 Å². The van der Waals surface area contributed by atoms with Gasteiger partial charge in [0.2, 0.25) is 5.95 Å². The molecule has 0 aliphatic carbocycles. The van der Waals surface area contributed by atoms with Crippen LogP contribution in [0.25, 0.3) is 11.3 Å². The number of aromatic nitrogens is 3. The Morgan fingerprint density at radius 3 is 2.90 bits per heavy atom. The van der Waals surface area contributed by atoms with Crippen molar-refractivity contribution in [3.63, 3.8) is 0 Å². The highest BCUT2D eigenvalue weighted by atomic mass is 16.6. The van der Waals surface area contributed by atoms with E-state index in [1.165, 1.54) is 18.6 Å². The second-order valence-electron chi connectivity index (χ2n) is 4.04. The summed E-state index contributed by atoms with van der Waals surface area (Å²) in [6.45, 7) is 0. The number of aromatic amines is 1. The molecule has 0 bridgehead atoms. The summed E-state index contributed by atoms with van der Waals surface area (Å²) in [5.74, 6) is 1.21. The van der Waals surface area contributed by atoms with Crippen molar-refractivity contribution in [2.45, 2.75) is 0 Å². The Bertz CT molecular complexity index is 792. The lowest BCUT2D eigenvalue weighted by molar-refractivity contribution is -0.384. The van der Waals surface area contributed by atoms with Crippen LogP contribution in [0.2, 0.25) is 0 Å². The molecule has 1 N–H and O–H groups in total. The zero-order valence-corrected chi connectivity index (χ0v) is 10.6. The maximum atomic E-state index is 11.0. The summed E-state index contributed by atoms with van der Waals surface area (Å²) in [7, 11) is 0. The molecule has 0 saturated carbocycles. The van der Waals surface area contributed by atoms with Crippen LogP contribution >= 0.6 is 0 Å². The number of benzene rings is 1. The van der Waals surface area contributed by atoms with Gasteiger partial charge in [-0.3, -0.25) is 10.1 Å². The van der Waals surface area contributed by atoms with Crippen LogP contribution in [0.15, 0.2) is 52.1 Å². The van der Waals surface area contributed by atoms with E-state index in [1.807, 2.05) is 0 Å². The number of rotatable bonds is 4. The molecule has 0 atom stereocenters. The Balaban J connectivity index is 1.90. The Kier molecular flexibility index (Phi) is 3.26. The van der Waals surface area contributed by atoms with Crippen molar-refractivity contribution in [1.82, 2.24) is 15.2 Å². The van der Waals surface area contributed by atoms with Crippen molar-refractivity contribution in [2.24, 2.45) is 4.99 Å². The van der Waals surface area contributed by atoms with Crippen LogP contribution in [0.3, 0.4) is 0 Å². The minimum Gasteiger partial charge on any atom is -0.455 e. The van der Waals surface area contributed by atoms with Crippen LogP contribution in [-0.4, -0.2) is 26.3 Å². The molecule has 2 heterocycles. The van der Waals surface area contributed by atoms with E-state index in [0.717, 1.165) is 0 Å². The molecule has 104 valence electrons. The first kappa shape index (κ1) is 12.7. The molecule has 0 spiro atoms. The van der Waals surface area contributed by atoms with Crippen molar-refractivity contribution in [3.05, 3.63) is 58.6 Å². The number of nitro groups is 1.